The number of rotatable bonds is 4. The van der Waals surface area contributed by atoms with E-state index in [1.807, 2.05) is 16.8 Å². The highest BCUT2D eigenvalue weighted by Gasteiger charge is 2.45. The number of hydrogen-bond acceptors (Lipinski definition) is 5. The van der Waals surface area contributed by atoms with Crippen LogP contribution in [0.25, 0.3) is 0 Å². The summed E-state index contributed by atoms with van der Waals surface area (Å²) in [6, 6.07) is 16.5. The molecule has 0 atom stereocenters. The first-order valence-electron chi connectivity index (χ1n) is 10.9. The van der Waals surface area contributed by atoms with Gasteiger partial charge in [0.05, 0.1) is 18.6 Å². The molecule has 3 heterocycles. The first-order chi connectivity index (χ1) is 15.2. The van der Waals surface area contributed by atoms with Crippen LogP contribution in [0.1, 0.15) is 40.9 Å². The van der Waals surface area contributed by atoms with Crippen molar-refractivity contribution < 1.29 is 4.79 Å². The number of benzene rings is 2. The zero-order valence-electron chi connectivity index (χ0n) is 19.2. The largest absolute Gasteiger partial charge is 0.340 e. The number of amides is 1. The van der Waals surface area contributed by atoms with Crippen LogP contribution in [0.4, 0.5) is 17.3 Å². The predicted octanol–water partition coefficient (Wildman–Crippen LogP) is 4.33. The fraction of sp³-hybridized carbons (Fsp3) is 0.320. The van der Waals surface area contributed by atoms with E-state index in [0.29, 0.717) is 36.2 Å². The Morgan fingerprint density at radius 2 is 1.62 bits per heavy atom. The number of fused-ring (bicyclic) bond motifs is 3. The number of nitrogens with zero attached hydrogens (tertiary/aromatic N) is 5. The van der Waals surface area contributed by atoms with Gasteiger partial charge in [-0.2, -0.15) is 5.10 Å². The number of carbonyl (C=O) groups is 1. The van der Waals surface area contributed by atoms with Crippen LogP contribution in [-0.2, 0) is 6.54 Å². The molecule has 0 spiro atoms. The first-order valence-corrected chi connectivity index (χ1v) is 10.9. The number of nitrogens with one attached hydrogen (secondary N) is 1. The molecule has 0 unspecified atom stereocenters. The molecular weight excluding hydrogens is 400 g/mol. The minimum atomic E-state index is -0.281. The third-order valence-corrected chi connectivity index (χ3v) is 5.96. The predicted molar refractivity (Wildman–Crippen MR) is 128 cm³/mol. The van der Waals surface area contributed by atoms with Crippen molar-refractivity contribution in [3.05, 3.63) is 70.8 Å². The fourth-order valence-corrected chi connectivity index (χ4v) is 4.22. The molecule has 0 fully saturated rings. The van der Waals surface area contributed by atoms with Crippen LogP contribution in [-0.4, -0.2) is 45.7 Å². The lowest BCUT2D eigenvalue weighted by Gasteiger charge is -2.30. The average Bonchev–Trinajstić information content (AvgIpc) is 3.27. The molecule has 0 aliphatic carbocycles. The highest BCUT2D eigenvalue weighted by Crippen LogP contribution is 2.38. The highest BCUT2D eigenvalue weighted by molar-refractivity contribution is 6.20. The van der Waals surface area contributed by atoms with Gasteiger partial charge in [0.1, 0.15) is 11.4 Å². The summed E-state index contributed by atoms with van der Waals surface area (Å²) < 4.78 is 1.90. The van der Waals surface area contributed by atoms with Crippen molar-refractivity contribution in [2.75, 3.05) is 23.8 Å². The molecule has 2 aliphatic heterocycles. The number of aryl methyl sites for hydroxylation is 2. The Morgan fingerprint density at radius 3 is 2.28 bits per heavy atom. The second-order valence-electron chi connectivity index (χ2n) is 9.36. The summed E-state index contributed by atoms with van der Waals surface area (Å²) in [5.41, 5.74) is 4.73. The van der Waals surface area contributed by atoms with E-state index in [1.165, 1.54) is 11.1 Å². The molecule has 1 amide bonds. The fourth-order valence-electron chi connectivity index (χ4n) is 4.22. The van der Waals surface area contributed by atoms with Gasteiger partial charge in [0.15, 0.2) is 5.82 Å². The molecule has 0 bridgehead atoms. The van der Waals surface area contributed by atoms with Crippen LogP contribution >= 0.6 is 0 Å². The van der Waals surface area contributed by atoms with Gasteiger partial charge >= 0.3 is 0 Å². The lowest BCUT2D eigenvalue weighted by molar-refractivity contribution is 0.0866. The number of aliphatic imine (C=N–C) groups is 1. The van der Waals surface area contributed by atoms with E-state index in [9.17, 15) is 4.79 Å². The Balaban J connectivity index is 1.63. The standard InChI is InChI=1S/C25H28N6O/c1-16-6-10-18(11-7-16)14-31-21(26-19-12-8-17(2)9-13-19)20-22(28-31)30-15-25(3,4)27-24(30)29(5)23(20)32/h6-13,26H,14-15H2,1-5H3. The van der Waals surface area contributed by atoms with Gasteiger partial charge < -0.3 is 5.32 Å². The third-order valence-electron chi connectivity index (χ3n) is 5.96. The molecule has 0 saturated heterocycles. The number of carbonyl (C=O) groups excluding carboxylic acids is 1. The summed E-state index contributed by atoms with van der Waals surface area (Å²) in [5.74, 6) is 1.93. The summed E-state index contributed by atoms with van der Waals surface area (Å²) >= 11 is 0. The summed E-state index contributed by atoms with van der Waals surface area (Å²) in [6.45, 7) is 9.52. The Kier molecular flexibility index (Phi) is 4.58. The van der Waals surface area contributed by atoms with Crippen LogP contribution < -0.4 is 10.2 Å². The molecule has 164 valence electrons. The van der Waals surface area contributed by atoms with Gasteiger partial charge in [0.2, 0.25) is 5.96 Å². The molecule has 7 nitrogen and oxygen atoms in total. The molecule has 7 heteroatoms. The first kappa shape index (κ1) is 20.3. The number of aromatic nitrogens is 2. The molecule has 2 aromatic carbocycles. The maximum atomic E-state index is 13.5. The molecule has 1 N–H and O–H groups in total. The topological polar surface area (TPSA) is 65.8 Å². The molecule has 0 radical (unpaired) electrons. The third kappa shape index (κ3) is 3.43. The van der Waals surface area contributed by atoms with Crippen LogP contribution in [0, 0.1) is 13.8 Å². The van der Waals surface area contributed by atoms with Gasteiger partial charge in [0, 0.05) is 12.7 Å². The monoisotopic (exact) mass is 428 g/mol. The smallest absolute Gasteiger partial charge is 0.267 e. The molecule has 0 saturated carbocycles. The lowest BCUT2D eigenvalue weighted by Crippen LogP contribution is -2.48. The van der Waals surface area contributed by atoms with Crippen molar-refractivity contribution in [1.82, 2.24) is 14.7 Å². The van der Waals surface area contributed by atoms with Crippen molar-refractivity contribution in [2.24, 2.45) is 4.99 Å². The maximum Gasteiger partial charge on any atom is 0.267 e. The minimum Gasteiger partial charge on any atom is -0.340 e. The molecule has 1 aromatic heterocycles. The zero-order chi connectivity index (χ0) is 22.6. The zero-order valence-corrected chi connectivity index (χ0v) is 19.2. The van der Waals surface area contributed by atoms with Gasteiger partial charge in [0.25, 0.3) is 5.91 Å². The Morgan fingerprint density at radius 1 is 1.00 bits per heavy atom. The quantitative estimate of drug-likeness (QED) is 0.672. The van der Waals surface area contributed by atoms with E-state index in [4.69, 9.17) is 10.1 Å². The number of guanidine groups is 1. The molecule has 32 heavy (non-hydrogen) atoms. The van der Waals surface area contributed by atoms with E-state index in [-0.39, 0.29) is 11.4 Å². The van der Waals surface area contributed by atoms with Crippen molar-refractivity contribution >= 4 is 29.2 Å². The van der Waals surface area contributed by atoms with Gasteiger partial charge in [-0.3, -0.25) is 14.6 Å². The van der Waals surface area contributed by atoms with Crippen molar-refractivity contribution in [2.45, 2.75) is 39.8 Å². The highest BCUT2D eigenvalue weighted by atomic mass is 16.2. The normalized spacial score (nSPS) is 16.7. The van der Waals surface area contributed by atoms with E-state index in [2.05, 4.69) is 74.3 Å². The van der Waals surface area contributed by atoms with Gasteiger partial charge in [-0.15, -0.1) is 0 Å². The molecule has 5 rings (SSSR count). The Labute approximate surface area is 188 Å². The maximum absolute atomic E-state index is 13.5. The van der Waals surface area contributed by atoms with Crippen LogP contribution in [0.2, 0.25) is 0 Å². The van der Waals surface area contributed by atoms with Crippen LogP contribution in [0.3, 0.4) is 0 Å². The van der Waals surface area contributed by atoms with Gasteiger partial charge in [-0.25, -0.2) is 9.67 Å². The number of hydrogen-bond donors (Lipinski definition) is 1. The molecule has 3 aromatic rings. The molecular formula is C25H28N6O. The second-order valence-corrected chi connectivity index (χ2v) is 9.36. The van der Waals surface area contributed by atoms with E-state index < -0.39 is 0 Å². The second kappa shape index (κ2) is 7.22. The molecule has 2 aliphatic rings. The van der Waals surface area contributed by atoms with Crippen LogP contribution in [0.5, 0.6) is 0 Å². The Bertz CT molecular complexity index is 1220. The van der Waals surface area contributed by atoms with Crippen molar-refractivity contribution in [3.8, 4) is 0 Å². The summed E-state index contributed by atoms with van der Waals surface area (Å²) in [5, 5.41) is 8.40. The van der Waals surface area contributed by atoms with Crippen LogP contribution in [0.15, 0.2) is 53.5 Å². The van der Waals surface area contributed by atoms with Gasteiger partial charge in [-0.05, 0) is 45.4 Å². The lowest BCUT2D eigenvalue weighted by atomic mass is 10.1. The van der Waals surface area contributed by atoms with Crippen molar-refractivity contribution in [1.29, 1.82) is 0 Å². The summed E-state index contributed by atoms with van der Waals surface area (Å²) in [7, 11) is 1.78. The SMILES string of the molecule is Cc1ccc(Cn2nc3c(c2Nc2ccc(C)cc2)C(=O)N(C)C2=NC(C)(C)CN23)cc1. The van der Waals surface area contributed by atoms with E-state index in [1.54, 1.807) is 11.9 Å². The average molecular weight is 429 g/mol. The Hall–Kier alpha value is -3.61. The van der Waals surface area contributed by atoms with E-state index in [0.717, 1.165) is 11.3 Å². The van der Waals surface area contributed by atoms with Crippen molar-refractivity contribution in [3.63, 3.8) is 0 Å². The summed E-state index contributed by atoms with van der Waals surface area (Å²) in [4.78, 5) is 21.9. The van der Waals surface area contributed by atoms with Gasteiger partial charge in [-0.1, -0.05) is 47.5 Å². The minimum absolute atomic E-state index is 0.0996. The summed E-state index contributed by atoms with van der Waals surface area (Å²) in [6.07, 6.45) is 0. The van der Waals surface area contributed by atoms with E-state index >= 15 is 0 Å². The number of anilines is 3.